The lowest BCUT2D eigenvalue weighted by Gasteiger charge is -2.44. The summed E-state index contributed by atoms with van der Waals surface area (Å²) in [6.07, 6.45) is 6.39. The quantitative estimate of drug-likeness (QED) is 0.351. The van der Waals surface area contributed by atoms with Crippen molar-refractivity contribution in [2.75, 3.05) is 39.3 Å². The zero-order valence-corrected chi connectivity index (χ0v) is 28.3. The van der Waals surface area contributed by atoms with E-state index in [1.807, 2.05) is 4.90 Å². The summed E-state index contributed by atoms with van der Waals surface area (Å²) in [7, 11) is -4.07. The monoisotopic (exact) mass is 688 g/mol. The summed E-state index contributed by atoms with van der Waals surface area (Å²) in [6.45, 7) is 1.97. The average Bonchev–Trinajstić information content (AvgIpc) is 3.62. The second-order valence-electron chi connectivity index (χ2n) is 13.8. The molecule has 0 spiro atoms. The lowest BCUT2D eigenvalue weighted by atomic mass is 9.90. The number of nitrogens with zero attached hydrogens (tertiary/aromatic N) is 3. The van der Waals surface area contributed by atoms with Gasteiger partial charge in [0.2, 0.25) is 15.9 Å². The Morgan fingerprint density at radius 3 is 2.08 bits per heavy atom. The molecule has 4 fully saturated rings. The lowest BCUT2D eigenvalue weighted by Crippen LogP contribution is -2.61. The number of benzene rings is 2. The number of carbonyl (C=O) groups is 1. The topological polar surface area (TPSA) is 96.2 Å². The van der Waals surface area contributed by atoms with Gasteiger partial charge >= 0.3 is 6.18 Å². The van der Waals surface area contributed by atoms with Gasteiger partial charge in [-0.3, -0.25) is 4.79 Å². The second-order valence-corrected chi connectivity index (χ2v) is 15.7. The number of carbonyl (C=O) groups excluding carboxylic acids is 1. The molecule has 2 aliphatic carbocycles. The zero-order valence-electron chi connectivity index (χ0n) is 27.5. The minimum atomic E-state index is -4.45. The minimum absolute atomic E-state index is 0.00559. The highest BCUT2D eigenvalue weighted by Gasteiger charge is 2.43. The van der Waals surface area contributed by atoms with Gasteiger partial charge in [-0.25, -0.2) is 8.42 Å². The van der Waals surface area contributed by atoms with Crippen molar-refractivity contribution in [2.24, 2.45) is 11.7 Å². The minimum Gasteiger partial charge on any atom is -0.493 e. The van der Waals surface area contributed by atoms with Crippen LogP contribution in [0.25, 0.3) is 5.70 Å². The number of hydrogen-bond donors (Lipinski definition) is 1. The molecule has 0 bridgehead atoms. The number of piperidine rings is 1. The molecule has 0 radical (unpaired) electrons. The van der Waals surface area contributed by atoms with Gasteiger partial charge in [0, 0.05) is 44.5 Å². The first-order valence-electron chi connectivity index (χ1n) is 17.4. The Morgan fingerprint density at radius 2 is 1.46 bits per heavy atom. The third-order valence-corrected chi connectivity index (χ3v) is 12.4. The van der Waals surface area contributed by atoms with E-state index in [4.69, 9.17) is 10.5 Å². The average molecular weight is 689 g/mol. The van der Waals surface area contributed by atoms with Crippen LogP contribution in [-0.4, -0.2) is 79.8 Å². The number of nitrogens with two attached hydrogens (primary N) is 1. The van der Waals surface area contributed by atoms with Gasteiger partial charge in [0.15, 0.2) is 0 Å². The molecule has 2 heterocycles. The number of sulfonamides is 1. The highest BCUT2D eigenvalue weighted by molar-refractivity contribution is 7.89. The van der Waals surface area contributed by atoms with Gasteiger partial charge in [0.1, 0.15) is 11.8 Å². The highest BCUT2D eigenvalue weighted by atomic mass is 32.2. The van der Waals surface area contributed by atoms with Gasteiger partial charge in [-0.15, -0.1) is 0 Å². The van der Waals surface area contributed by atoms with Crippen molar-refractivity contribution < 1.29 is 31.1 Å². The summed E-state index contributed by atoms with van der Waals surface area (Å²) < 4.78 is 76.0. The molecule has 2 saturated carbocycles. The molecule has 1 atom stereocenters. The fraction of sp³-hybridized carbons (Fsp3) is 0.583. The second kappa shape index (κ2) is 14.8. The maximum absolute atomic E-state index is 14.2. The van der Waals surface area contributed by atoms with E-state index in [0.29, 0.717) is 56.3 Å². The number of alkyl halides is 3. The van der Waals surface area contributed by atoms with E-state index in [0.717, 1.165) is 61.9 Å². The number of rotatable bonds is 8. The van der Waals surface area contributed by atoms with Crippen LogP contribution in [0.4, 0.5) is 13.2 Å². The molecule has 2 aromatic rings. The summed E-state index contributed by atoms with van der Waals surface area (Å²) in [5, 5.41) is 0. The number of allylic oxidation sites excluding steroid dienone is 1. The van der Waals surface area contributed by atoms with Gasteiger partial charge in [0.25, 0.3) is 0 Å². The third kappa shape index (κ3) is 7.86. The number of ether oxygens (including phenoxy) is 1. The molecule has 2 aliphatic heterocycles. The number of halogens is 3. The molecule has 0 unspecified atom stereocenters. The summed E-state index contributed by atoms with van der Waals surface area (Å²) >= 11 is 0. The predicted octanol–water partition coefficient (Wildman–Crippen LogP) is 6.27. The lowest BCUT2D eigenvalue weighted by molar-refractivity contribution is -0.138. The van der Waals surface area contributed by atoms with E-state index in [2.05, 4.69) is 0 Å². The van der Waals surface area contributed by atoms with E-state index in [9.17, 15) is 26.4 Å². The standard InChI is InChI=1S/C36H47F3N4O4S/c37-36(38,39)29-12-10-28(11-13-29)34(27-8-4-5-9-27)42-22-23-43(33(24-42)35(44)41-20-18-30(40)19-21-41)48(45,46)32-16-14-31(15-17-32)47-25-26-6-2-1-3-7-26/h10-17,26,30,33H,1-9,18-25,40H2/t33-/m0/s1. The van der Waals surface area contributed by atoms with Crippen LogP contribution in [0.3, 0.4) is 0 Å². The summed E-state index contributed by atoms with van der Waals surface area (Å²) in [5.74, 6) is 0.859. The molecule has 262 valence electrons. The number of piperazine rings is 1. The van der Waals surface area contributed by atoms with Gasteiger partial charge in [-0.1, -0.05) is 31.4 Å². The van der Waals surface area contributed by atoms with Gasteiger partial charge in [0.05, 0.1) is 17.1 Å². The Kier molecular flexibility index (Phi) is 10.7. The van der Waals surface area contributed by atoms with Gasteiger partial charge in [-0.2, -0.15) is 17.5 Å². The zero-order chi connectivity index (χ0) is 33.9. The number of hydrogen-bond acceptors (Lipinski definition) is 6. The molecular formula is C36H47F3N4O4S. The van der Waals surface area contributed by atoms with Crippen molar-refractivity contribution in [3.63, 3.8) is 0 Å². The largest absolute Gasteiger partial charge is 0.493 e. The van der Waals surface area contributed by atoms with Crippen molar-refractivity contribution in [2.45, 2.75) is 93.8 Å². The first kappa shape index (κ1) is 34.8. The smallest absolute Gasteiger partial charge is 0.416 e. The van der Waals surface area contributed by atoms with Crippen LogP contribution >= 0.6 is 0 Å². The fourth-order valence-electron chi connectivity index (χ4n) is 7.67. The van der Waals surface area contributed by atoms with Crippen molar-refractivity contribution >= 4 is 21.6 Å². The molecule has 2 aromatic carbocycles. The molecule has 1 amide bonds. The van der Waals surface area contributed by atoms with Crippen LogP contribution in [0.15, 0.2) is 59.0 Å². The molecule has 4 aliphatic rings. The third-order valence-electron chi connectivity index (χ3n) is 10.5. The first-order valence-corrected chi connectivity index (χ1v) is 18.9. The Labute approximate surface area is 282 Å². The SMILES string of the molecule is NC1CCN(C(=O)[C@@H]2CN(C(=C3CCCC3)c3ccc(C(F)(F)F)cc3)CCN2S(=O)(=O)c2ccc(OCC3CCCCC3)cc2)CC1. The summed E-state index contributed by atoms with van der Waals surface area (Å²) in [4.78, 5) is 18.0. The van der Waals surface area contributed by atoms with Gasteiger partial charge in [-0.05, 0) is 105 Å². The van der Waals surface area contributed by atoms with Crippen molar-refractivity contribution in [1.82, 2.24) is 14.1 Å². The van der Waals surface area contributed by atoms with Crippen molar-refractivity contribution in [3.05, 3.63) is 65.2 Å². The van der Waals surface area contributed by atoms with Crippen molar-refractivity contribution in [1.29, 1.82) is 0 Å². The van der Waals surface area contributed by atoms with Crippen molar-refractivity contribution in [3.8, 4) is 5.75 Å². The summed E-state index contributed by atoms with van der Waals surface area (Å²) in [6, 6.07) is 10.6. The van der Waals surface area contributed by atoms with Crippen LogP contribution in [0.1, 0.15) is 81.8 Å². The predicted molar refractivity (Wildman–Crippen MR) is 178 cm³/mol. The van der Waals surface area contributed by atoms with Crippen LogP contribution < -0.4 is 10.5 Å². The maximum atomic E-state index is 14.2. The Morgan fingerprint density at radius 1 is 0.812 bits per heavy atom. The first-order chi connectivity index (χ1) is 23.0. The number of amides is 1. The maximum Gasteiger partial charge on any atom is 0.416 e. The molecule has 0 aromatic heterocycles. The van der Waals surface area contributed by atoms with Gasteiger partial charge < -0.3 is 20.3 Å². The van der Waals surface area contributed by atoms with E-state index < -0.39 is 27.8 Å². The Balaban J connectivity index is 1.27. The van der Waals surface area contributed by atoms with Crippen LogP contribution in [-0.2, 0) is 21.0 Å². The molecule has 8 nitrogen and oxygen atoms in total. The van der Waals surface area contributed by atoms with Crippen LogP contribution in [0, 0.1) is 5.92 Å². The summed E-state index contributed by atoms with van der Waals surface area (Å²) in [5.41, 5.74) is 7.99. The molecule has 12 heteroatoms. The van der Waals surface area contributed by atoms with E-state index in [1.165, 1.54) is 35.7 Å². The van der Waals surface area contributed by atoms with Crippen LogP contribution in [0.2, 0.25) is 0 Å². The Hall–Kier alpha value is -3.09. The number of likely N-dealkylation sites (tertiary alicyclic amines) is 1. The normalized spacial score (nSPS) is 22.2. The molecule has 6 rings (SSSR count). The Bertz CT molecular complexity index is 1540. The fourth-order valence-corrected chi connectivity index (χ4v) is 9.23. The molecular weight excluding hydrogens is 641 g/mol. The molecule has 48 heavy (non-hydrogen) atoms. The van der Waals surface area contributed by atoms with E-state index in [-0.39, 0.29) is 29.9 Å². The van der Waals surface area contributed by atoms with E-state index in [1.54, 1.807) is 29.2 Å². The van der Waals surface area contributed by atoms with Crippen LogP contribution in [0.5, 0.6) is 5.75 Å². The van der Waals surface area contributed by atoms with E-state index >= 15 is 0 Å². The highest BCUT2D eigenvalue weighted by Crippen LogP contribution is 2.38. The molecule has 2 saturated heterocycles. The molecule has 2 N–H and O–H groups in total.